The molecule has 1 aromatic heterocycles. The van der Waals surface area contributed by atoms with Crippen molar-refractivity contribution in [1.82, 2.24) is 15.2 Å². The second kappa shape index (κ2) is 11.3. The van der Waals surface area contributed by atoms with Crippen LogP contribution in [0.25, 0.3) is 0 Å². The van der Waals surface area contributed by atoms with Gasteiger partial charge in [-0.05, 0) is 81.7 Å². The maximum atomic E-state index is 13.4. The third-order valence-electron chi connectivity index (χ3n) is 7.47. The Kier molecular flexibility index (Phi) is 8.15. The first kappa shape index (κ1) is 23.9. The number of pyridine rings is 1. The first-order valence-electron chi connectivity index (χ1n) is 12.6. The lowest BCUT2D eigenvalue weighted by atomic mass is 9.74. The maximum absolute atomic E-state index is 13.4. The Morgan fingerprint density at radius 1 is 1.21 bits per heavy atom. The normalized spacial score (nSPS) is 21.1. The molecule has 178 valence electrons. The highest BCUT2D eigenvalue weighted by molar-refractivity contribution is 5.83. The zero-order valence-electron chi connectivity index (χ0n) is 20.3. The quantitative estimate of drug-likeness (QED) is 0.650. The third-order valence-corrected chi connectivity index (χ3v) is 7.47. The molecule has 0 saturated carbocycles. The molecule has 0 bridgehead atoms. The molecule has 1 aromatic carbocycles. The van der Waals surface area contributed by atoms with Crippen molar-refractivity contribution < 1.29 is 9.53 Å². The number of carbonyl (C=O) groups excluding carboxylic acids is 1. The molecule has 5 nitrogen and oxygen atoms in total. The number of benzene rings is 1. The highest BCUT2D eigenvalue weighted by Crippen LogP contribution is 2.36. The van der Waals surface area contributed by atoms with Gasteiger partial charge in [-0.3, -0.25) is 9.78 Å². The molecule has 3 heterocycles. The second-order valence-electron chi connectivity index (χ2n) is 10.1. The fraction of sp³-hybridized carbons (Fsp3) is 0.571. The van der Waals surface area contributed by atoms with E-state index in [1.54, 1.807) is 6.20 Å². The standard InChI is InChI=1S/C28H39N3O2/c1-22(2)31-16-6-9-25(21-31)24-8-5-7-23(19-24)20-28(12-17-33-18-13-28)27(32)30-15-11-26-10-3-4-14-29-26/h3-5,7-8,10,14,19,22,25H,6,9,11-13,15-18,20-21H2,1-2H3,(H,30,32)/t25-/m1/s1. The summed E-state index contributed by atoms with van der Waals surface area (Å²) in [6, 6.07) is 15.5. The number of nitrogens with zero attached hydrogens (tertiary/aromatic N) is 2. The van der Waals surface area contributed by atoms with Crippen LogP contribution >= 0.6 is 0 Å². The molecule has 4 rings (SSSR count). The summed E-state index contributed by atoms with van der Waals surface area (Å²) in [6.07, 6.45) is 7.39. The van der Waals surface area contributed by atoms with Gasteiger partial charge in [-0.2, -0.15) is 0 Å². The first-order chi connectivity index (χ1) is 16.1. The number of carbonyl (C=O) groups is 1. The van der Waals surface area contributed by atoms with E-state index >= 15 is 0 Å². The number of nitrogens with one attached hydrogen (secondary N) is 1. The van der Waals surface area contributed by atoms with Crippen LogP contribution < -0.4 is 5.32 Å². The van der Waals surface area contributed by atoms with Crippen LogP contribution in [0.1, 0.15) is 62.3 Å². The molecule has 1 atom stereocenters. The summed E-state index contributed by atoms with van der Waals surface area (Å²) in [5.74, 6) is 0.745. The number of likely N-dealkylation sites (tertiary alicyclic amines) is 1. The summed E-state index contributed by atoms with van der Waals surface area (Å²) in [5.41, 5.74) is 3.32. The highest BCUT2D eigenvalue weighted by atomic mass is 16.5. The molecule has 2 aromatic rings. The molecule has 0 aliphatic carbocycles. The van der Waals surface area contributed by atoms with Crippen LogP contribution in [0.15, 0.2) is 48.7 Å². The van der Waals surface area contributed by atoms with E-state index in [0.717, 1.165) is 37.9 Å². The molecule has 2 aliphatic heterocycles. The predicted molar refractivity (Wildman–Crippen MR) is 132 cm³/mol. The minimum Gasteiger partial charge on any atom is -0.381 e. The Morgan fingerprint density at radius 3 is 2.82 bits per heavy atom. The Morgan fingerprint density at radius 2 is 2.06 bits per heavy atom. The lowest BCUT2D eigenvalue weighted by Crippen LogP contribution is -2.46. The molecule has 5 heteroatoms. The number of hydrogen-bond acceptors (Lipinski definition) is 4. The van der Waals surface area contributed by atoms with Crippen molar-refractivity contribution in [3.05, 3.63) is 65.5 Å². The molecule has 0 spiro atoms. The molecular weight excluding hydrogens is 410 g/mol. The summed E-state index contributed by atoms with van der Waals surface area (Å²) < 4.78 is 5.64. The third kappa shape index (κ3) is 6.21. The summed E-state index contributed by atoms with van der Waals surface area (Å²) in [7, 11) is 0. The lowest BCUT2D eigenvalue weighted by Gasteiger charge is -2.37. The van der Waals surface area contributed by atoms with Crippen LogP contribution in [0.2, 0.25) is 0 Å². The number of aromatic nitrogens is 1. The molecule has 1 amide bonds. The van der Waals surface area contributed by atoms with Crippen molar-refractivity contribution in [2.24, 2.45) is 5.41 Å². The van der Waals surface area contributed by atoms with E-state index in [4.69, 9.17) is 4.74 Å². The smallest absolute Gasteiger partial charge is 0.226 e. The van der Waals surface area contributed by atoms with E-state index in [-0.39, 0.29) is 5.91 Å². The van der Waals surface area contributed by atoms with Gasteiger partial charge in [0.25, 0.3) is 0 Å². The summed E-state index contributed by atoms with van der Waals surface area (Å²) in [6.45, 7) is 8.84. The number of ether oxygens (including phenoxy) is 1. The fourth-order valence-corrected chi connectivity index (χ4v) is 5.38. The van der Waals surface area contributed by atoms with Crippen molar-refractivity contribution in [2.75, 3.05) is 32.8 Å². The van der Waals surface area contributed by atoms with Crippen molar-refractivity contribution >= 4 is 5.91 Å². The SMILES string of the molecule is CC(C)N1CCC[C@@H](c2cccc(CC3(C(=O)NCCc4ccccn4)CCOCC3)c2)C1. The summed E-state index contributed by atoms with van der Waals surface area (Å²) in [5, 5.41) is 3.22. The molecule has 2 aliphatic rings. The highest BCUT2D eigenvalue weighted by Gasteiger charge is 2.40. The van der Waals surface area contributed by atoms with Gasteiger partial charge in [0.1, 0.15) is 0 Å². The van der Waals surface area contributed by atoms with Crippen molar-refractivity contribution in [3.63, 3.8) is 0 Å². The van der Waals surface area contributed by atoms with Crippen LogP contribution in [0.3, 0.4) is 0 Å². The van der Waals surface area contributed by atoms with Crippen LogP contribution in [-0.2, 0) is 22.4 Å². The zero-order chi connectivity index (χ0) is 23.1. The van der Waals surface area contributed by atoms with E-state index in [0.29, 0.717) is 31.7 Å². The lowest BCUT2D eigenvalue weighted by molar-refractivity contribution is -0.136. The Labute approximate surface area is 198 Å². The van der Waals surface area contributed by atoms with Gasteiger partial charge in [-0.15, -0.1) is 0 Å². The molecular formula is C28H39N3O2. The molecule has 1 N–H and O–H groups in total. The Hall–Kier alpha value is -2.24. The van der Waals surface area contributed by atoms with Gasteiger partial charge in [0.2, 0.25) is 5.91 Å². The van der Waals surface area contributed by atoms with Crippen LogP contribution in [0, 0.1) is 5.41 Å². The molecule has 33 heavy (non-hydrogen) atoms. The molecule has 2 saturated heterocycles. The molecule has 2 fully saturated rings. The largest absolute Gasteiger partial charge is 0.381 e. The minimum absolute atomic E-state index is 0.163. The Balaban J connectivity index is 1.43. The topological polar surface area (TPSA) is 54.5 Å². The van der Waals surface area contributed by atoms with Crippen molar-refractivity contribution in [2.45, 2.75) is 64.3 Å². The predicted octanol–water partition coefficient (Wildman–Crippen LogP) is 4.37. The molecule has 0 unspecified atom stereocenters. The van der Waals surface area contributed by atoms with Gasteiger partial charge in [0.15, 0.2) is 0 Å². The minimum atomic E-state index is -0.391. The first-order valence-corrected chi connectivity index (χ1v) is 12.6. The average Bonchev–Trinajstić information content (AvgIpc) is 2.85. The average molecular weight is 450 g/mol. The summed E-state index contributed by atoms with van der Waals surface area (Å²) in [4.78, 5) is 20.4. The van der Waals surface area contributed by atoms with E-state index in [2.05, 4.69) is 53.3 Å². The fourth-order valence-electron chi connectivity index (χ4n) is 5.38. The second-order valence-corrected chi connectivity index (χ2v) is 10.1. The monoisotopic (exact) mass is 449 g/mol. The van der Waals surface area contributed by atoms with Crippen LogP contribution in [0.5, 0.6) is 0 Å². The zero-order valence-corrected chi connectivity index (χ0v) is 20.3. The van der Waals surface area contributed by atoms with Gasteiger partial charge >= 0.3 is 0 Å². The number of rotatable bonds is 8. The number of amides is 1. The Bertz CT molecular complexity index is 893. The summed E-state index contributed by atoms with van der Waals surface area (Å²) >= 11 is 0. The van der Waals surface area contributed by atoms with Gasteiger partial charge < -0.3 is 15.0 Å². The van der Waals surface area contributed by atoms with Gasteiger partial charge in [-0.1, -0.05) is 30.3 Å². The van der Waals surface area contributed by atoms with Crippen molar-refractivity contribution in [3.8, 4) is 0 Å². The van der Waals surface area contributed by atoms with Crippen LogP contribution in [-0.4, -0.2) is 54.7 Å². The number of piperidine rings is 1. The van der Waals surface area contributed by atoms with Gasteiger partial charge in [0, 0.05) is 50.7 Å². The van der Waals surface area contributed by atoms with E-state index < -0.39 is 5.41 Å². The van der Waals surface area contributed by atoms with Crippen LogP contribution in [0.4, 0.5) is 0 Å². The molecule has 0 radical (unpaired) electrons. The maximum Gasteiger partial charge on any atom is 0.226 e. The van der Waals surface area contributed by atoms with Gasteiger partial charge in [0.05, 0.1) is 5.41 Å². The van der Waals surface area contributed by atoms with E-state index in [1.807, 2.05) is 18.2 Å². The van der Waals surface area contributed by atoms with E-state index in [9.17, 15) is 4.79 Å². The number of hydrogen-bond donors (Lipinski definition) is 1. The van der Waals surface area contributed by atoms with Gasteiger partial charge in [-0.25, -0.2) is 0 Å². The van der Waals surface area contributed by atoms with Crippen molar-refractivity contribution in [1.29, 1.82) is 0 Å². The van der Waals surface area contributed by atoms with E-state index in [1.165, 1.54) is 30.5 Å².